The largest absolute Gasteiger partial charge is 0.313 e. The Morgan fingerprint density at radius 2 is 2.42 bits per heavy atom. The summed E-state index contributed by atoms with van der Waals surface area (Å²) in [6.45, 7) is 6.92. The fourth-order valence-corrected chi connectivity index (χ4v) is 1.86. The van der Waals surface area contributed by atoms with E-state index < -0.39 is 0 Å². The highest BCUT2D eigenvalue weighted by atomic mass is 14.9. The molecule has 1 N–H and O–H groups in total. The van der Waals surface area contributed by atoms with Crippen molar-refractivity contribution in [1.29, 1.82) is 0 Å². The molecule has 1 nitrogen and oxygen atoms in total. The Hall–Kier alpha value is -0.300. The van der Waals surface area contributed by atoms with Crippen molar-refractivity contribution in [3.63, 3.8) is 0 Å². The van der Waals surface area contributed by atoms with Crippen LogP contribution < -0.4 is 5.32 Å². The summed E-state index contributed by atoms with van der Waals surface area (Å²) in [5.41, 5.74) is 1.63. The maximum absolute atomic E-state index is 3.41. The summed E-state index contributed by atoms with van der Waals surface area (Å²) in [6, 6.07) is 0. The summed E-state index contributed by atoms with van der Waals surface area (Å²) in [6.07, 6.45) is 7.75. The van der Waals surface area contributed by atoms with Crippen molar-refractivity contribution in [3.05, 3.63) is 11.6 Å². The Labute approximate surface area is 76.2 Å². The second kappa shape index (κ2) is 5.36. The number of piperidine rings is 1. The van der Waals surface area contributed by atoms with Crippen molar-refractivity contribution < 1.29 is 0 Å². The molecule has 1 heterocycles. The van der Waals surface area contributed by atoms with E-state index in [-0.39, 0.29) is 0 Å². The van der Waals surface area contributed by atoms with Crippen LogP contribution in [0, 0.1) is 5.92 Å². The van der Waals surface area contributed by atoms with Crippen LogP contribution in [-0.4, -0.2) is 13.1 Å². The second-order valence-corrected chi connectivity index (χ2v) is 3.87. The molecule has 0 aromatic heterocycles. The monoisotopic (exact) mass is 167 g/mol. The Bertz CT molecular complexity index is 141. The van der Waals surface area contributed by atoms with E-state index in [2.05, 4.69) is 25.2 Å². The highest BCUT2D eigenvalue weighted by Gasteiger charge is 2.05. The molecule has 1 aliphatic rings. The molecule has 0 amide bonds. The average molecular weight is 167 g/mol. The van der Waals surface area contributed by atoms with Crippen LogP contribution in [0.1, 0.15) is 39.5 Å². The molecule has 1 unspecified atom stereocenters. The summed E-state index contributed by atoms with van der Waals surface area (Å²) >= 11 is 0. The first-order valence-corrected chi connectivity index (χ1v) is 5.23. The lowest BCUT2D eigenvalue weighted by Crippen LogP contribution is -2.24. The van der Waals surface area contributed by atoms with E-state index in [0.717, 1.165) is 12.5 Å². The molecule has 70 valence electrons. The van der Waals surface area contributed by atoms with E-state index in [4.69, 9.17) is 0 Å². The van der Waals surface area contributed by atoms with Gasteiger partial charge in [-0.05, 0) is 31.7 Å². The van der Waals surface area contributed by atoms with Gasteiger partial charge in [-0.3, -0.25) is 0 Å². The smallest absolute Gasteiger partial charge is 0.0164 e. The molecule has 0 aliphatic carbocycles. The normalized spacial score (nSPS) is 24.3. The third-order valence-corrected chi connectivity index (χ3v) is 2.47. The highest BCUT2D eigenvalue weighted by Crippen LogP contribution is 2.14. The topological polar surface area (TPSA) is 12.0 Å². The van der Waals surface area contributed by atoms with Crippen LogP contribution >= 0.6 is 0 Å². The van der Waals surface area contributed by atoms with Crippen molar-refractivity contribution in [1.82, 2.24) is 5.32 Å². The van der Waals surface area contributed by atoms with Crippen molar-refractivity contribution >= 4 is 0 Å². The molecule has 0 bridgehead atoms. The molecule has 0 spiro atoms. The molecule has 0 saturated carbocycles. The van der Waals surface area contributed by atoms with E-state index in [0.29, 0.717) is 0 Å². The average Bonchev–Trinajstić information content (AvgIpc) is 2.06. The van der Waals surface area contributed by atoms with Gasteiger partial charge in [0.25, 0.3) is 0 Å². The number of nitrogens with one attached hydrogen (secondary N) is 1. The van der Waals surface area contributed by atoms with Gasteiger partial charge in [-0.25, -0.2) is 0 Å². The number of rotatable bonds is 3. The van der Waals surface area contributed by atoms with Crippen LogP contribution in [0.3, 0.4) is 0 Å². The van der Waals surface area contributed by atoms with E-state index >= 15 is 0 Å². The first-order valence-electron chi connectivity index (χ1n) is 5.23. The fraction of sp³-hybridized carbons (Fsp3) is 0.818. The summed E-state index contributed by atoms with van der Waals surface area (Å²) in [5.74, 6) is 0.782. The van der Waals surface area contributed by atoms with Crippen LogP contribution in [-0.2, 0) is 0 Å². The van der Waals surface area contributed by atoms with Crippen LogP contribution in [0.4, 0.5) is 0 Å². The molecule has 1 heteroatoms. The third-order valence-electron chi connectivity index (χ3n) is 2.47. The summed E-state index contributed by atoms with van der Waals surface area (Å²) < 4.78 is 0. The van der Waals surface area contributed by atoms with Gasteiger partial charge in [0.15, 0.2) is 0 Å². The first-order chi connectivity index (χ1) is 5.83. The third kappa shape index (κ3) is 3.40. The Morgan fingerprint density at radius 3 is 3.00 bits per heavy atom. The molecule has 1 saturated heterocycles. The molecular weight excluding hydrogens is 146 g/mol. The zero-order valence-corrected chi connectivity index (χ0v) is 8.40. The van der Waals surface area contributed by atoms with Gasteiger partial charge in [-0.2, -0.15) is 0 Å². The first kappa shape index (κ1) is 9.79. The zero-order chi connectivity index (χ0) is 8.81. The molecule has 0 radical (unpaired) electrons. The Kier molecular flexibility index (Phi) is 4.37. The predicted molar refractivity (Wildman–Crippen MR) is 54.3 cm³/mol. The molecule has 1 aliphatic heterocycles. The van der Waals surface area contributed by atoms with Crippen LogP contribution in [0.15, 0.2) is 11.6 Å². The Balaban J connectivity index is 2.32. The van der Waals surface area contributed by atoms with Gasteiger partial charge in [0, 0.05) is 6.54 Å². The molecule has 1 rings (SSSR count). The lowest BCUT2D eigenvalue weighted by atomic mass is 9.98. The van der Waals surface area contributed by atoms with Gasteiger partial charge in [0.1, 0.15) is 0 Å². The van der Waals surface area contributed by atoms with Gasteiger partial charge < -0.3 is 5.32 Å². The van der Waals surface area contributed by atoms with Gasteiger partial charge >= 0.3 is 0 Å². The van der Waals surface area contributed by atoms with Gasteiger partial charge in [0.2, 0.25) is 0 Å². The number of hydrogen-bond donors (Lipinski definition) is 1. The summed E-state index contributed by atoms with van der Waals surface area (Å²) in [4.78, 5) is 0. The van der Waals surface area contributed by atoms with E-state index in [1.807, 2.05) is 0 Å². The van der Waals surface area contributed by atoms with Gasteiger partial charge in [-0.1, -0.05) is 31.9 Å². The Morgan fingerprint density at radius 1 is 1.58 bits per heavy atom. The standard InChI is InChI=1S/C11H21N/c1-3-5-10(2)8-11-6-4-7-12-9-11/h8,10,12H,3-7,9H2,1-2H3/b11-8-. The lowest BCUT2D eigenvalue weighted by molar-refractivity contribution is 0.581. The van der Waals surface area contributed by atoms with Crippen molar-refractivity contribution in [2.24, 2.45) is 5.92 Å². The fourth-order valence-electron chi connectivity index (χ4n) is 1.86. The van der Waals surface area contributed by atoms with E-state index in [9.17, 15) is 0 Å². The van der Waals surface area contributed by atoms with Crippen molar-refractivity contribution in [3.8, 4) is 0 Å². The SMILES string of the molecule is CCCC(C)/C=C1/CCCNC1. The maximum Gasteiger partial charge on any atom is 0.0164 e. The van der Waals surface area contributed by atoms with Crippen LogP contribution in [0.5, 0.6) is 0 Å². The second-order valence-electron chi connectivity index (χ2n) is 3.87. The minimum Gasteiger partial charge on any atom is -0.313 e. The maximum atomic E-state index is 3.41. The summed E-state index contributed by atoms with van der Waals surface area (Å²) in [5, 5.41) is 3.41. The molecular formula is C11H21N. The quantitative estimate of drug-likeness (QED) is 0.637. The zero-order valence-electron chi connectivity index (χ0n) is 8.40. The molecule has 0 aromatic rings. The molecule has 1 atom stereocenters. The molecule has 0 aromatic carbocycles. The van der Waals surface area contributed by atoms with Crippen LogP contribution in [0.25, 0.3) is 0 Å². The lowest BCUT2D eigenvalue weighted by Gasteiger charge is -2.17. The van der Waals surface area contributed by atoms with Crippen LogP contribution in [0.2, 0.25) is 0 Å². The minimum atomic E-state index is 0.782. The predicted octanol–water partition coefficient (Wildman–Crippen LogP) is 2.73. The molecule has 12 heavy (non-hydrogen) atoms. The summed E-state index contributed by atoms with van der Waals surface area (Å²) in [7, 11) is 0. The van der Waals surface area contributed by atoms with Crippen molar-refractivity contribution in [2.75, 3.05) is 13.1 Å². The highest BCUT2D eigenvalue weighted by molar-refractivity contribution is 5.07. The van der Waals surface area contributed by atoms with Gasteiger partial charge in [-0.15, -0.1) is 0 Å². The van der Waals surface area contributed by atoms with E-state index in [1.54, 1.807) is 5.57 Å². The van der Waals surface area contributed by atoms with Crippen molar-refractivity contribution in [2.45, 2.75) is 39.5 Å². The number of hydrogen-bond acceptors (Lipinski definition) is 1. The number of allylic oxidation sites excluding steroid dienone is 1. The van der Waals surface area contributed by atoms with Gasteiger partial charge in [0.05, 0.1) is 0 Å². The molecule has 1 fully saturated rings. The minimum absolute atomic E-state index is 0.782. The van der Waals surface area contributed by atoms with E-state index in [1.165, 1.54) is 32.2 Å².